The van der Waals surface area contributed by atoms with Crippen molar-refractivity contribution in [3.8, 4) is 11.3 Å². The Hall–Kier alpha value is -4.23. The third-order valence-electron chi connectivity index (χ3n) is 5.89. The van der Waals surface area contributed by atoms with E-state index in [1.165, 1.54) is 12.1 Å². The molecular formula is C24H18ClFN6O3. The first-order valence-corrected chi connectivity index (χ1v) is 11.0. The van der Waals surface area contributed by atoms with E-state index < -0.39 is 11.7 Å². The highest BCUT2D eigenvalue weighted by Gasteiger charge is 2.30. The van der Waals surface area contributed by atoms with Crippen LogP contribution in [-0.4, -0.2) is 38.0 Å². The normalized spacial score (nSPS) is 13.0. The zero-order chi connectivity index (χ0) is 24.9. The molecular weight excluding hydrogens is 475 g/mol. The van der Waals surface area contributed by atoms with E-state index >= 15 is 0 Å². The van der Waals surface area contributed by atoms with Crippen LogP contribution in [0.4, 0.5) is 10.1 Å². The summed E-state index contributed by atoms with van der Waals surface area (Å²) in [5, 5.41) is 4.92. The van der Waals surface area contributed by atoms with Crippen molar-refractivity contribution in [2.75, 3.05) is 6.54 Å². The van der Waals surface area contributed by atoms with Crippen LogP contribution in [0.5, 0.6) is 0 Å². The molecule has 0 atom stereocenters. The predicted molar refractivity (Wildman–Crippen MR) is 125 cm³/mol. The summed E-state index contributed by atoms with van der Waals surface area (Å²) in [5.41, 5.74) is 8.68. The fourth-order valence-electron chi connectivity index (χ4n) is 4.27. The van der Waals surface area contributed by atoms with Gasteiger partial charge in [-0.25, -0.2) is 14.2 Å². The van der Waals surface area contributed by atoms with Crippen molar-refractivity contribution in [1.29, 1.82) is 0 Å². The Morgan fingerprint density at radius 2 is 2.09 bits per heavy atom. The van der Waals surface area contributed by atoms with Gasteiger partial charge in [-0.3, -0.25) is 14.3 Å². The van der Waals surface area contributed by atoms with Crippen molar-refractivity contribution in [3.63, 3.8) is 0 Å². The molecule has 0 bridgehead atoms. The third-order valence-corrected chi connectivity index (χ3v) is 6.17. The molecule has 1 aliphatic heterocycles. The molecule has 5 rings (SSSR count). The van der Waals surface area contributed by atoms with Gasteiger partial charge < -0.3 is 15.1 Å². The van der Waals surface area contributed by atoms with Crippen molar-refractivity contribution in [3.05, 3.63) is 75.3 Å². The number of benzene rings is 2. The van der Waals surface area contributed by atoms with Crippen LogP contribution < -0.4 is 5.73 Å². The number of aryl methyl sites for hydroxylation is 1. The summed E-state index contributed by atoms with van der Waals surface area (Å²) < 4.78 is 21.1. The molecule has 176 valence electrons. The maximum atomic E-state index is 14.0. The maximum Gasteiger partial charge on any atom is 0.252 e. The number of hydrogen-bond donors (Lipinski definition) is 1. The number of halogens is 2. The van der Waals surface area contributed by atoms with E-state index in [-0.39, 0.29) is 30.1 Å². The Kier molecular flexibility index (Phi) is 5.49. The lowest BCUT2D eigenvalue weighted by molar-refractivity contribution is -0.132. The van der Waals surface area contributed by atoms with Gasteiger partial charge in [0.05, 0.1) is 42.4 Å². The molecule has 1 aliphatic rings. The van der Waals surface area contributed by atoms with Gasteiger partial charge in [-0.15, -0.1) is 0 Å². The Morgan fingerprint density at radius 1 is 1.29 bits per heavy atom. The average molecular weight is 493 g/mol. The predicted octanol–water partition coefficient (Wildman–Crippen LogP) is 4.03. The first-order chi connectivity index (χ1) is 16.7. The molecule has 4 aromatic rings. The van der Waals surface area contributed by atoms with E-state index in [1.807, 2.05) is 0 Å². The monoisotopic (exact) mass is 492 g/mol. The Balaban J connectivity index is 1.46. The summed E-state index contributed by atoms with van der Waals surface area (Å²) in [6, 6.07) is 7.47. The maximum absolute atomic E-state index is 14.0. The number of rotatable bonds is 4. The quantitative estimate of drug-likeness (QED) is 0.432. The molecule has 2 N–H and O–H groups in total. The van der Waals surface area contributed by atoms with Crippen molar-refractivity contribution in [2.24, 2.45) is 5.73 Å². The number of oxazole rings is 1. The van der Waals surface area contributed by atoms with Gasteiger partial charge in [-0.1, -0.05) is 23.7 Å². The van der Waals surface area contributed by atoms with Crippen LogP contribution in [0, 0.1) is 19.3 Å². The van der Waals surface area contributed by atoms with Gasteiger partial charge >= 0.3 is 0 Å². The minimum atomic E-state index is -0.681. The smallest absolute Gasteiger partial charge is 0.252 e. The Labute approximate surface area is 203 Å². The molecule has 0 unspecified atom stereocenters. The van der Waals surface area contributed by atoms with Crippen LogP contribution in [0.1, 0.15) is 27.5 Å². The van der Waals surface area contributed by atoms with Crippen LogP contribution >= 0.6 is 11.6 Å². The van der Waals surface area contributed by atoms with E-state index in [0.717, 1.165) is 0 Å². The fourth-order valence-corrected chi connectivity index (χ4v) is 4.52. The summed E-state index contributed by atoms with van der Waals surface area (Å²) >= 11 is 6.38. The van der Waals surface area contributed by atoms with E-state index in [2.05, 4.69) is 14.9 Å². The largest absolute Gasteiger partial charge is 0.439 e. The van der Waals surface area contributed by atoms with E-state index in [0.29, 0.717) is 57.6 Å². The number of fused-ring (bicyclic) bond motifs is 2. The molecule has 35 heavy (non-hydrogen) atoms. The second-order valence-electron chi connectivity index (χ2n) is 8.19. The third kappa shape index (κ3) is 4.00. The van der Waals surface area contributed by atoms with E-state index in [9.17, 15) is 14.0 Å². The lowest BCUT2D eigenvalue weighted by atomic mass is 10.0. The molecule has 0 radical (unpaired) electrons. The van der Waals surface area contributed by atoms with Crippen molar-refractivity contribution in [1.82, 2.24) is 19.7 Å². The van der Waals surface area contributed by atoms with Crippen molar-refractivity contribution >= 4 is 40.2 Å². The van der Waals surface area contributed by atoms with Crippen molar-refractivity contribution in [2.45, 2.75) is 26.4 Å². The first-order valence-electron chi connectivity index (χ1n) is 10.7. The Bertz CT molecular complexity index is 1570. The van der Waals surface area contributed by atoms with Gasteiger partial charge in [0, 0.05) is 19.0 Å². The molecule has 3 heterocycles. The molecule has 0 aliphatic carbocycles. The van der Waals surface area contributed by atoms with Gasteiger partial charge in [0.1, 0.15) is 17.0 Å². The zero-order valence-corrected chi connectivity index (χ0v) is 19.3. The summed E-state index contributed by atoms with van der Waals surface area (Å²) in [5.74, 6) is -1.14. The molecule has 11 heteroatoms. The number of nitrogens with two attached hydrogens (primary N) is 1. The highest BCUT2D eigenvalue weighted by atomic mass is 35.5. The minimum absolute atomic E-state index is 0.0418. The summed E-state index contributed by atoms with van der Waals surface area (Å²) in [4.78, 5) is 34.4. The van der Waals surface area contributed by atoms with Gasteiger partial charge in [-0.05, 0) is 23.8 Å². The van der Waals surface area contributed by atoms with Gasteiger partial charge in [0.2, 0.25) is 11.6 Å². The highest BCUT2D eigenvalue weighted by molar-refractivity contribution is 6.35. The number of hydrogen-bond acceptors (Lipinski definition) is 5. The summed E-state index contributed by atoms with van der Waals surface area (Å²) in [7, 11) is 0. The van der Waals surface area contributed by atoms with Gasteiger partial charge in [0.15, 0.2) is 11.5 Å². The van der Waals surface area contributed by atoms with Crippen molar-refractivity contribution < 1.29 is 18.4 Å². The second-order valence-corrected chi connectivity index (χ2v) is 8.59. The fraction of sp³-hybridized carbons (Fsp3) is 0.208. The van der Waals surface area contributed by atoms with Gasteiger partial charge in [-0.2, -0.15) is 5.10 Å². The van der Waals surface area contributed by atoms with Crippen LogP contribution in [0.25, 0.3) is 27.2 Å². The SMILES string of the molecule is [C-]#[N+]c1ccc(CC(=O)N2CCn3nc(-c4cc(Cl)c5oc(C)nc5c4)c(C(N)=O)c3C2)cc1F. The lowest BCUT2D eigenvalue weighted by Gasteiger charge is -2.28. The summed E-state index contributed by atoms with van der Waals surface area (Å²) in [6.45, 7) is 9.48. The molecule has 2 aromatic heterocycles. The topological polar surface area (TPSA) is 112 Å². The van der Waals surface area contributed by atoms with Crippen LogP contribution in [0.15, 0.2) is 34.7 Å². The number of aromatic nitrogens is 3. The molecule has 9 nitrogen and oxygen atoms in total. The van der Waals surface area contributed by atoms with Crippen LogP contribution in [0.3, 0.4) is 0 Å². The number of amides is 2. The average Bonchev–Trinajstić information content (AvgIpc) is 3.39. The van der Waals surface area contributed by atoms with Crippen LogP contribution in [-0.2, 0) is 24.3 Å². The van der Waals surface area contributed by atoms with Gasteiger partial charge in [0.25, 0.3) is 5.91 Å². The Morgan fingerprint density at radius 3 is 2.80 bits per heavy atom. The zero-order valence-electron chi connectivity index (χ0n) is 18.5. The molecule has 2 aromatic carbocycles. The number of nitrogens with zero attached hydrogens (tertiary/aromatic N) is 5. The lowest BCUT2D eigenvalue weighted by Crippen LogP contribution is -2.40. The number of primary amides is 1. The van der Waals surface area contributed by atoms with Crippen LogP contribution in [0.2, 0.25) is 5.02 Å². The molecule has 0 fully saturated rings. The molecule has 0 saturated carbocycles. The minimum Gasteiger partial charge on any atom is -0.439 e. The highest BCUT2D eigenvalue weighted by Crippen LogP contribution is 2.34. The standard InChI is InChI=1S/C24H18ClFN6O3/c1-12-29-18-10-14(9-15(25)23(18)35-12)22-21(24(27)34)19-11-31(5-6-32(19)30-22)20(33)8-13-3-4-17(28-2)16(26)7-13/h3-4,7,9-10H,5-6,8,11H2,1H3,(H2,27,34). The second kappa shape index (κ2) is 8.52. The molecule has 0 saturated heterocycles. The molecule has 0 spiro atoms. The summed E-state index contributed by atoms with van der Waals surface area (Å²) in [6.07, 6.45) is -0.0418. The number of carbonyl (C=O) groups excluding carboxylic acids is 2. The first kappa shape index (κ1) is 22.6. The van der Waals surface area contributed by atoms with E-state index in [1.54, 1.807) is 34.7 Å². The van der Waals surface area contributed by atoms with E-state index in [4.69, 9.17) is 28.3 Å². The molecule has 2 amide bonds. The number of carbonyl (C=O) groups is 2.